The van der Waals surface area contributed by atoms with Crippen molar-refractivity contribution in [1.82, 2.24) is 5.32 Å². The third kappa shape index (κ3) is 3.14. The summed E-state index contributed by atoms with van der Waals surface area (Å²) in [5.74, 6) is 0.186. The number of amidine groups is 1. The molecule has 1 aliphatic rings. The number of nitrogens with one attached hydrogen (secondary N) is 1. The Morgan fingerprint density at radius 2 is 2.00 bits per heavy atom. The van der Waals surface area contributed by atoms with E-state index in [9.17, 15) is 13.2 Å². The van der Waals surface area contributed by atoms with Crippen LogP contribution in [0.3, 0.4) is 0 Å². The minimum Gasteiger partial charge on any atom is -0.352 e. The first-order valence-corrected chi connectivity index (χ1v) is 8.86. The summed E-state index contributed by atoms with van der Waals surface area (Å²) in [5.41, 5.74) is 0.920. The fraction of sp³-hybridized carbons (Fsp3) is 0.467. The van der Waals surface area contributed by atoms with Crippen LogP contribution >= 0.6 is 0 Å². The maximum absolute atomic E-state index is 12.3. The summed E-state index contributed by atoms with van der Waals surface area (Å²) in [4.78, 5) is 14.0. The van der Waals surface area contributed by atoms with Crippen LogP contribution < -0.4 is 10.2 Å². The average molecular weight is 323 g/mol. The maximum Gasteiger partial charge on any atom is 0.286 e. The average Bonchev–Trinajstić information content (AvgIpc) is 2.48. The number of rotatable bonds is 5. The molecule has 0 fully saturated rings. The molecule has 0 saturated heterocycles. The molecule has 22 heavy (non-hydrogen) atoms. The van der Waals surface area contributed by atoms with Gasteiger partial charge in [0.1, 0.15) is 10.7 Å². The fourth-order valence-electron chi connectivity index (χ4n) is 2.38. The Labute approximate surface area is 131 Å². The molecule has 1 heterocycles. The normalized spacial score (nSPS) is 16.0. The molecule has 0 aliphatic carbocycles. The fourth-order valence-corrected chi connectivity index (χ4v) is 3.64. The van der Waals surface area contributed by atoms with Gasteiger partial charge in [0, 0.05) is 18.7 Å². The number of benzene rings is 1. The maximum atomic E-state index is 12.3. The lowest BCUT2D eigenvalue weighted by molar-refractivity contribution is 0.0953. The lowest BCUT2D eigenvalue weighted by Gasteiger charge is -2.29. The van der Waals surface area contributed by atoms with Crippen molar-refractivity contribution >= 4 is 27.5 Å². The molecule has 7 heteroatoms. The van der Waals surface area contributed by atoms with Crippen molar-refractivity contribution in [2.24, 2.45) is 4.40 Å². The van der Waals surface area contributed by atoms with Gasteiger partial charge >= 0.3 is 0 Å². The van der Waals surface area contributed by atoms with E-state index in [0.29, 0.717) is 30.2 Å². The minimum atomic E-state index is -3.75. The van der Waals surface area contributed by atoms with Crippen molar-refractivity contribution in [2.45, 2.75) is 38.5 Å². The first-order chi connectivity index (χ1) is 10.4. The van der Waals surface area contributed by atoms with Crippen molar-refractivity contribution in [2.75, 3.05) is 18.0 Å². The highest BCUT2D eigenvalue weighted by atomic mass is 32.2. The Morgan fingerprint density at radius 3 is 2.64 bits per heavy atom. The van der Waals surface area contributed by atoms with Crippen LogP contribution in [0.2, 0.25) is 0 Å². The summed E-state index contributed by atoms with van der Waals surface area (Å²) in [7, 11) is -3.75. The monoisotopic (exact) mass is 323 g/mol. The number of hydrogen-bond donors (Lipinski definition) is 1. The van der Waals surface area contributed by atoms with Crippen LogP contribution in [-0.2, 0) is 10.0 Å². The van der Waals surface area contributed by atoms with Gasteiger partial charge in [0.2, 0.25) is 0 Å². The second-order valence-corrected chi connectivity index (χ2v) is 6.78. The van der Waals surface area contributed by atoms with E-state index in [1.807, 2.05) is 18.7 Å². The molecule has 0 bridgehead atoms. The summed E-state index contributed by atoms with van der Waals surface area (Å²) in [6.07, 6.45) is 1.69. The smallest absolute Gasteiger partial charge is 0.286 e. The first-order valence-electron chi connectivity index (χ1n) is 7.42. The molecule has 0 radical (unpaired) electrons. The van der Waals surface area contributed by atoms with Crippen molar-refractivity contribution in [3.63, 3.8) is 0 Å². The first kappa shape index (κ1) is 16.5. The van der Waals surface area contributed by atoms with E-state index in [4.69, 9.17) is 0 Å². The number of carbonyl (C=O) groups excluding carboxylic acids is 1. The van der Waals surface area contributed by atoms with Crippen LogP contribution in [0.1, 0.15) is 44.0 Å². The number of amides is 1. The molecule has 1 aromatic rings. The van der Waals surface area contributed by atoms with Crippen LogP contribution in [0.15, 0.2) is 27.5 Å². The molecule has 0 unspecified atom stereocenters. The Bertz CT molecular complexity index is 711. The zero-order valence-electron chi connectivity index (χ0n) is 13.1. The van der Waals surface area contributed by atoms with Gasteiger partial charge < -0.3 is 10.2 Å². The van der Waals surface area contributed by atoms with Gasteiger partial charge in [0.25, 0.3) is 15.9 Å². The highest BCUT2D eigenvalue weighted by Crippen LogP contribution is 2.32. The van der Waals surface area contributed by atoms with Gasteiger partial charge in [-0.05, 0) is 38.0 Å². The van der Waals surface area contributed by atoms with E-state index >= 15 is 0 Å². The zero-order valence-corrected chi connectivity index (χ0v) is 13.9. The molecular weight excluding hydrogens is 302 g/mol. The molecule has 1 aromatic carbocycles. The summed E-state index contributed by atoms with van der Waals surface area (Å²) >= 11 is 0. The SMILES string of the molecule is CCCNC(=O)c1ccc2c(c1)S(=O)(=O)N=C(C)N2CCC. The predicted molar refractivity (Wildman–Crippen MR) is 87.0 cm³/mol. The number of anilines is 1. The number of hydrogen-bond acceptors (Lipinski definition) is 4. The Balaban J connectivity index is 2.46. The van der Waals surface area contributed by atoms with Gasteiger partial charge in [-0.2, -0.15) is 8.42 Å². The topological polar surface area (TPSA) is 78.8 Å². The number of sulfonamides is 1. The summed E-state index contributed by atoms with van der Waals surface area (Å²) < 4.78 is 28.4. The second kappa shape index (κ2) is 6.48. The zero-order chi connectivity index (χ0) is 16.3. The molecule has 120 valence electrons. The second-order valence-electron chi connectivity index (χ2n) is 5.20. The Morgan fingerprint density at radius 1 is 1.27 bits per heavy atom. The Kier molecular flexibility index (Phi) is 4.85. The molecular formula is C15H21N3O3S. The molecule has 0 aromatic heterocycles. The molecule has 1 N–H and O–H groups in total. The highest BCUT2D eigenvalue weighted by molar-refractivity contribution is 7.90. The van der Waals surface area contributed by atoms with Crippen LogP contribution in [0.5, 0.6) is 0 Å². The van der Waals surface area contributed by atoms with Crippen molar-refractivity contribution in [3.05, 3.63) is 23.8 Å². The third-order valence-corrected chi connectivity index (χ3v) is 4.80. The summed E-state index contributed by atoms with van der Waals surface area (Å²) in [6, 6.07) is 4.75. The standard InChI is InChI=1S/C15H21N3O3S/c1-4-8-16-15(19)12-6-7-13-14(10-12)22(20,21)17-11(3)18(13)9-5-2/h6-7,10H,4-5,8-9H2,1-3H3,(H,16,19). The van der Waals surface area contributed by atoms with Crippen molar-refractivity contribution in [1.29, 1.82) is 0 Å². The molecule has 0 spiro atoms. The van der Waals surface area contributed by atoms with E-state index in [1.165, 1.54) is 6.07 Å². The van der Waals surface area contributed by atoms with Gasteiger partial charge in [-0.3, -0.25) is 4.79 Å². The van der Waals surface area contributed by atoms with E-state index in [2.05, 4.69) is 9.71 Å². The molecule has 1 aliphatic heterocycles. The number of fused-ring (bicyclic) bond motifs is 1. The van der Waals surface area contributed by atoms with Crippen molar-refractivity contribution < 1.29 is 13.2 Å². The summed E-state index contributed by atoms with van der Waals surface area (Å²) in [5, 5.41) is 2.74. The molecule has 0 atom stereocenters. The summed E-state index contributed by atoms with van der Waals surface area (Å²) in [6.45, 7) is 6.89. The third-order valence-electron chi connectivity index (χ3n) is 3.42. The minimum absolute atomic E-state index is 0.0932. The number of nitrogens with zero attached hydrogens (tertiary/aromatic N) is 2. The quantitative estimate of drug-likeness (QED) is 0.900. The van der Waals surface area contributed by atoms with E-state index in [0.717, 1.165) is 12.8 Å². The van der Waals surface area contributed by atoms with Gasteiger partial charge in [0.15, 0.2) is 0 Å². The number of carbonyl (C=O) groups is 1. The largest absolute Gasteiger partial charge is 0.352 e. The van der Waals surface area contributed by atoms with Gasteiger partial charge in [0.05, 0.1) is 5.69 Å². The van der Waals surface area contributed by atoms with Crippen LogP contribution in [0.25, 0.3) is 0 Å². The molecule has 6 nitrogen and oxygen atoms in total. The molecule has 1 amide bonds. The van der Waals surface area contributed by atoms with E-state index in [-0.39, 0.29) is 10.8 Å². The van der Waals surface area contributed by atoms with Crippen LogP contribution in [0, 0.1) is 0 Å². The molecule has 2 rings (SSSR count). The predicted octanol–water partition coefficient (Wildman–Crippen LogP) is 2.16. The lowest BCUT2D eigenvalue weighted by atomic mass is 10.1. The van der Waals surface area contributed by atoms with Gasteiger partial charge in [-0.1, -0.05) is 13.8 Å². The highest BCUT2D eigenvalue weighted by Gasteiger charge is 2.29. The molecule has 0 saturated carbocycles. The van der Waals surface area contributed by atoms with E-state index < -0.39 is 10.0 Å². The van der Waals surface area contributed by atoms with Gasteiger partial charge in [-0.25, -0.2) is 0 Å². The van der Waals surface area contributed by atoms with Crippen LogP contribution in [-0.4, -0.2) is 33.3 Å². The van der Waals surface area contributed by atoms with Crippen LogP contribution in [0.4, 0.5) is 5.69 Å². The lowest BCUT2D eigenvalue weighted by Crippen LogP contribution is -2.34. The van der Waals surface area contributed by atoms with Crippen molar-refractivity contribution in [3.8, 4) is 0 Å². The van der Waals surface area contributed by atoms with E-state index in [1.54, 1.807) is 19.1 Å². The Hall–Kier alpha value is -1.89. The van der Waals surface area contributed by atoms with Gasteiger partial charge in [-0.15, -0.1) is 4.40 Å².